The summed E-state index contributed by atoms with van der Waals surface area (Å²) in [6, 6.07) is 0. The van der Waals surface area contributed by atoms with Crippen LogP contribution in [-0.4, -0.2) is 30.1 Å². The minimum Gasteiger partial charge on any atom is -0.326 e. The van der Waals surface area contributed by atoms with Crippen molar-refractivity contribution in [3.8, 4) is 0 Å². The minimum atomic E-state index is -0.0827. The fraction of sp³-hybridized carbons (Fsp3) is 0.636. The van der Waals surface area contributed by atoms with Gasteiger partial charge in [-0.2, -0.15) is 0 Å². The van der Waals surface area contributed by atoms with Crippen LogP contribution in [0.1, 0.15) is 20.3 Å². The van der Waals surface area contributed by atoms with Crippen LogP contribution >= 0.6 is 0 Å². The number of nitrogens with two attached hydrogens (primary N) is 1. The number of hydrogen-bond acceptors (Lipinski definition) is 2. The lowest BCUT2D eigenvalue weighted by atomic mass is 10.0. The van der Waals surface area contributed by atoms with Crippen LogP contribution in [0.5, 0.6) is 0 Å². The molecule has 13 heavy (non-hydrogen) atoms. The van der Waals surface area contributed by atoms with Crippen molar-refractivity contribution in [1.82, 2.24) is 4.90 Å². The fourth-order valence-corrected chi connectivity index (χ4v) is 1.07. The van der Waals surface area contributed by atoms with Gasteiger partial charge in [-0.05, 0) is 20.3 Å². The van der Waals surface area contributed by atoms with E-state index in [0.717, 1.165) is 26.1 Å². The lowest BCUT2D eigenvalue weighted by Crippen LogP contribution is -2.37. The maximum atomic E-state index is 5.90. The molecule has 0 aromatic rings. The lowest BCUT2D eigenvalue weighted by molar-refractivity contribution is 0.295. The van der Waals surface area contributed by atoms with Gasteiger partial charge in [-0.3, -0.25) is 4.90 Å². The van der Waals surface area contributed by atoms with Gasteiger partial charge in [0.2, 0.25) is 0 Å². The molecule has 0 aliphatic heterocycles. The van der Waals surface area contributed by atoms with Crippen molar-refractivity contribution < 1.29 is 0 Å². The summed E-state index contributed by atoms with van der Waals surface area (Å²) < 4.78 is 0. The first-order valence-corrected chi connectivity index (χ1v) is 4.72. The molecule has 0 amide bonds. The van der Waals surface area contributed by atoms with E-state index < -0.39 is 0 Å². The quantitative estimate of drug-likeness (QED) is 0.608. The zero-order chi connectivity index (χ0) is 10.3. The third-order valence-electron chi connectivity index (χ3n) is 1.85. The van der Waals surface area contributed by atoms with Crippen LogP contribution < -0.4 is 5.73 Å². The van der Waals surface area contributed by atoms with Gasteiger partial charge in [0.1, 0.15) is 0 Å². The van der Waals surface area contributed by atoms with Crippen molar-refractivity contribution in [2.24, 2.45) is 5.73 Å². The first-order valence-electron chi connectivity index (χ1n) is 4.72. The number of hydrogen-bond donors (Lipinski definition) is 1. The van der Waals surface area contributed by atoms with Gasteiger partial charge in [0.15, 0.2) is 0 Å². The van der Waals surface area contributed by atoms with Gasteiger partial charge in [0.05, 0.1) is 0 Å². The van der Waals surface area contributed by atoms with Gasteiger partial charge in [-0.15, -0.1) is 13.2 Å². The van der Waals surface area contributed by atoms with Crippen LogP contribution in [0.2, 0.25) is 0 Å². The molecule has 0 rings (SSSR count). The number of nitrogens with zero attached hydrogens (tertiary/aromatic N) is 1. The fourth-order valence-electron chi connectivity index (χ4n) is 1.07. The minimum absolute atomic E-state index is 0.0827. The lowest BCUT2D eigenvalue weighted by Gasteiger charge is -2.24. The highest BCUT2D eigenvalue weighted by Crippen LogP contribution is 2.05. The molecule has 0 aliphatic carbocycles. The molecule has 0 bridgehead atoms. The first-order chi connectivity index (χ1) is 5.99. The molecule has 0 aliphatic rings. The Morgan fingerprint density at radius 2 is 1.69 bits per heavy atom. The highest BCUT2D eigenvalue weighted by molar-refractivity contribution is 4.82. The number of rotatable bonds is 7. The van der Waals surface area contributed by atoms with Crippen LogP contribution in [0.15, 0.2) is 25.3 Å². The molecule has 0 radical (unpaired) electrons. The Kier molecular flexibility index (Phi) is 5.67. The van der Waals surface area contributed by atoms with Crippen LogP contribution in [0.25, 0.3) is 0 Å². The van der Waals surface area contributed by atoms with Crippen molar-refractivity contribution in [3.05, 3.63) is 25.3 Å². The molecule has 0 saturated heterocycles. The molecule has 0 heterocycles. The Bertz CT molecular complexity index is 146. The second-order valence-electron chi connectivity index (χ2n) is 4.08. The highest BCUT2D eigenvalue weighted by Gasteiger charge is 2.11. The van der Waals surface area contributed by atoms with Gasteiger partial charge in [0, 0.05) is 25.2 Å². The second-order valence-corrected chi connectivity index (χ2v) is 4.08. The average Bonchev–Trinajstić information content (AvgIpc) is 2.00. The van der Waals surface area contributed by atoms with Crippen molar-refractivity contribution >= 4 is 0 Å². The van der Waals surface area contributed by atoms with E-state index in [9.17, 15) is 0 Å². The summed E-state index contributed by atoms with van der Waals surface area (Å²) in [6.45, 7) is 14.3. The van der Waals surface area contributed by atoms with E-state index in [1.54, 1.807) is 0 Å². The predicted octanol–water partition coefficient (Wildman–Crippen LogP) is 1.79. The summed E-state index contributed by atoms with van der Waals surface area (Å²) in [5.74, 6) is 0. The Labute approximate surface area is 82.1 Å². The molecule has 2 nitrogen and oxygen atoms in total. The average molecular weight is 182 g/mol. The molecular weight excluding hydrogens is 160 g/mol. The van der Waals surface area contributed by atoms with E-state index in [1.165, 1.54) is 0 Å². The summed E-state index contributed by atoms with van der Waals surface area (Å²) in [4.78, 5) is 2.27. The van der Waals surface area contributed by atoms with E-state index in [4.69, 9.17) is 5.73 Å². The smallest absolute Gasteiger partial charge is 0.0163 e. The van der Waals surface area contributed by atoms with E-state index in [0.29, 0.717) is 0 Å². The Balaban J connectivity index is 3.80. The van der Waals surface area contributed by atoms with E-state index in [-0.39, 0.29) is 5.54 Å². The Morgan fingerprint density at radius 1 is 1.23 bits per heavy atom. The molecule has 2 N–H and O–H groups in total. The van der Waals surface area contributed by atoms with Crippen LogP contribution in [0.3, 0.4) is 0 Å². The van der Waals surface area contributed by atoms with Gasteiger partial charge in [-0.25, -0.2) is 0 Å². The molecule has 0 fully saturated rings. The molecule has 0 atom stereocenters. The molecule has 0 saturated carbocycles. The largest absolute Gasteiger partial charge is 0.326 e. The monoisotopic (exact) mass is 182 g/mol. The maximum Gasteiger partial charge on any atom is 0.0163 e. The van der Waals surface area contributed by atoms with Gasteiger partial charge in [0.25, 0.3) is 0 Å². The molecule has 0 aromatic carbocycles. The summed E-state index contributed by atoms with van der Waals surface area (Å²) in [7, 11) is 0. The van der Waals surface area contributed by atoms with Crippen molar-refractivity contribution in [1.29, 1.82) is 0 Å². The topological polar surface area (TPSA) is 29.3 Å². The van der Waals surface area contributed by atoms with Gasteiger partial charge in [-0.1, -0.05) is 12.2 Å². The normalized spacial score (nSPS) is 11.7. The van der Waals surface area contributed by atoms with E-state index in [1.807, 2.05) is 26.0 Å². The maximum absolute atomic E-state index is 5.90. The highest BCUT2D eigenvalue weighted by atomic mass is 15.1. The van der Waals surface area contributed by atoms with E-state index in [2.05, 4.69) is 18.1 Å². The van der Waals surface area contributed by atoms with Gasteiger partial charge < -0.3 is 5.73 Å². The summed E-state index contributed by atoms with van der Waals surface area (Å²) >= 11 is 0. The predicted molar refractivity (Wildman–Crippen MR) is 59.7 cm³/mol. The van der Waals surface area contributed by atoms with Crippen LogP contribution in [0.4, 0.5) is 0 Å². The molecule has 0 aromatic heterocycles. The summed E-state index contributed by atoms with van der Waals surface area (Å²) in [5, 5.41) is 0. The van der Waals surface area contributed by atoms with E-state index >= 15 is 0 Å². The zero-order valence-corrected chi connectivity index (χ0v) is 8.92. The summed E-state index contributed by atoms with van der Waals surface area (Å²) in [6.07, 6.45) is 4.81. The van der Waals surface area contributed by atoms with Crippen LogP contribution in [0, 0.1) is 0 Å². The van der Waals surface area contributed by atoms with Crippen molar-refractivity contribution in [3.63, 3.8) is 0 Å². The molecular formula is C11H22N2. The molecule has 76 valence electrons. The first kappa shape index (κ1) is 12.4. The third-order valence-corrected chi connectivity index (χ3v) is 1.85. The Morgan fingerprint density at radius 3 is 2.00 bits per heavy atom. The second kappa shape index (κ2) is 5.95. The Hall–Kier alpha value is -0.600. The van der Waals surface area contributed by atoms with Crippen molar-refractivity contribution in [2.45, 2.75) is 25.8 Å². The molecule has 0 unspecified atom stereocenters. The molecule has 2 heteroatoms. The summed E-state index contributed by atoms with van der Waals surface area (Å²) in [5.41, 5.74) is 5.81. The third kappa shape index (κ3) is 7.75. The zero-order valence-electron chi connectivity index (χ0n) is 8.92. The van der Waals surface area contributed by atoms with Gasteiger partial charge >= 0.3 is 0 Å². The standard InChI is InChI=1S/C11H22N2/c1-5-8-13(9-6-2)10-7-11(3,4)12/h5-6H,1-2,7-10,12H2,3-4H3. The molecule has 0 spiro atoms. The SMILES string of the molecule is C=CCN(CC=C)CCC(C)(C)N. The van der Waals surface area contributed by atoms with Crippen molar-refractivity contribution in [2.75, 3.05) is 19.6 Å². The van der Waals surface area contributed by atoms with Crippen LogP contribution in [-0.2, 0) is 0 Å².